The monoisotopic (exact) mass is 1110 g/mol. The molecule has 0 aliphatic carbocycles. The van der Waals surface area contributed by atoms with Gasteiger partial charge in [0.25, 0.3) is 0 Å². The van der Waals surface area contributed by atoms with Crippen LogP contribution in [0.3, 0.4) is 0 Å². The zero-order valence-electron chi connectivity index (χ0n) is 49.9. The van der Waals surface area contributed by atoms with Crippen LogP contribution in [-0.2, 0) is 23.8 Å². The van der Waals surface area contributed by atoms with E-state index >= 15 is 0 Å². The zero-order valence-corrected chi connectivity index (χ0v) is 49.9. The molecule has 11 heteroatoms. The number of allylic oxidation sites excluding steroid dienone is 23. The summed E-state index contributed by atoms with van der Waals surface area (Å²) >= 11 is 0. The molecule has 1 amide bonds. The Morgan fingerprint density at radius 1 is 0.512 bits per heavy atom. The molecule has 1 fully saturated rings. The zero-order chi connectivity index (χ0) is 58.2. The lowest BCUT2D eigenvalue weighted by Gasteiger charge is -2.41. The number of unbranched alkanes of at least 4 members (excludes halogenated alkanes) is 19. The average Bonchev–Trinajstić information content (AvgIpc) is 3.45. The van der Waals surface area contributed by atoms with E-state index in [2.05, 4.69) is 99.0 Å². The maximum atomic E-state index is 13.4. The topological polar surface area (TPSA) is 175 Å². The molecule has 6 N–H and O–H groups in total. The minimum atomic E-state index is -1.65. The fourth-order valence-corrected chi connectivity index (χ4v) is 8.77. The molecule has 0 saturated carbocycles. The summed E-state index contributed by atoms with van der Waals surface area (Å²) in [5.41, 5.74) is 0. The number of carbonyl (C=O) groups excluding carboxylic acids is 2. The normalized spacial score (nSPS) is 19.8. The van der Waals surface area contributed by atoms with E-state index in [1.807, 2.05) is 66.8 Å². The fraction of sp³-hybridized carbons (Fsp3) is 0.623. The van der Waals surface area contributed by atoms with Crippen LogP contribution in [0.1, 0.15) is 213 Å². The number of hydrogen-bond acceptors (Lipinski definition) is 10. The summed E-state index contributed by atoms with van der Waals surface area (Å²) in [5, 5.41) is 57.0. The van der Waals surface area contributed by atoms with E-state index in [0.717, 1.165) is 122 Å². The molecule has 0 spiro atoms. The third-order valence-electron chi connectivity index (χ3n) is 13.6. The minimum Gasteiger partial charge on any atom is -0.454 e. The van der Waals surface area contributed by atoms with Crippen molar-refractivity contribution < 1.29 is 49.3 Å². The van der Waals surface area contributed by atoms with Crippen LogP contribution >= 0.6 is 0 Å². The molecule has 8 unspecified atom stereocenters. The molecule has 0 radical (unpaired) electrons. The van der Waals surface area contributed by atoms with Gasteiger partial charge in [-0.1, -0.05) is 263 Å². The Bertz CT molecular complexity index is 1850. The quantitative estimate of drug-likeness (QED) is 0.0149. The Hall–Kier alpha value is -4.46. The van der Waals surface area contributed by atoms with Crippen LogP contribution in [0, 0.1) is 0 Å². The number of rotatable bonds is 50. The Kier molecular flexibility index (Phi) is 50.7. The second-order valence-electron chi connectivity index (χ2n) is 20.8. The van der Waals surface area contributed by atoms with Gasteiger partial charge in [0.05, 0.1) is 25.4 Å². The second-order valence-corrected chi connectivity index (χ2v) is 20.8. The molecule has 1 aliphatic heterocycles. The first-order valence-corrected chi connectivity index (χ1v) is 31.2. The summed E-state index contributed by atoms with van der Waals surface area (Å²) in [6, 6.07) is -1.05. The van der Waals surface area contributed by atoms with Crippen LogP contribution in [0.2, 0.25) is 0 Å². The molecule has 80 heavy (non-hydrogen) atoms. The Morgan fingerprint density at radius 2 is 0.963 bits per heavy atom. The van der Waals surface area contributed by atoms with Gasteiger partial charge in [0, 0.05) is 6.42 Å². The van der Waals surface area contributed by atoms with Gasteiger partial charge in [-0.15, -0.1) is 0 Å². The first-order chi connectivity index (χ1) is 39.2. The molecule has 1 saturated heterocycles. The van der Waals surface area contributed by atoms with Gasteiger partial charge >= 0.3 is 5.97 Å². The molecule has 11 nitrogen and oxygen atoms in total. The summed E-state index contributed by atoms with van der Waals surface area (Å²) in [6.45, 7) is 5.48. The number of aliphatic hydroxyl groups excluding tert-OH is 5. The van der Waals surface area contributed by atoms with E-state index in [-0.39, 0.29) is 19.4 Å². The maximum Gasteiger partial charge on any atom is 0.306 e. The highest BCUT2D eigenvalue weighted by Gasteiger charge is 2.47. The number of carbonyl (C=O) groups is 2. The van der Waals surface area contributed by atoms with Crippen molar-refractivity contribution in [1.82, 2.24) is 5.32 Å². The van der Waals surface area contributed by atoms with Gasteiger partial charge in [-0.25, -0.2) is 0 Å². The van der Waals surface area contributed by atoms with Crippen LogP contribution in [0.25, 0.3) is 0 Å². The standard InChI is InChI=1S/C69H111NO10/c1-4-7-10-13-16-19-22-25-27-29-30-31-32-33-35-36-38-41-44-47-50-53-56-62(73)68(77)70-60(61(72)55-52-49-46-43-40-24-21-18-15-12-9-6-3)59-78-69-67(66(76)65(75)63(58-71)79-69)80-64(74)57-54-51-48-45-42-39-37-34-28-26-23-20-17-14-11-8-5-2/h7-8,10-11,14,16-17,19-20,23,25-28,30-31,33-35,37,39,42,52,55,60-63,65-67,69,71-73,75-76H,4-6,9,12-13,15,18,21-22,24,29,32,36,38,40-41,43-51,53-54,56-59H2,1-3H3,(H,70,77)/b10-7-,11-8-,17-14+,19-16-,23-20+,27-25-,28-26-,31-30-,35-33-,37-34+,42-39+,55-52+. The fourth-order valence-electron chi connectivity index (χ4n) is 8.77. The number of hydrogen-bond donors (Lipinski definition) is 6. The summed E-state index contributed by atoms with van der Waals surface area (Å²) < 4.78 is 17.6. The molecular formula is C69H111NO10. The van der Waals surface area contributed by atoms with E-state index in [9.17, 15) is 35.1 Å². The molecular weight excluding hydrogens is 1000 g/mol. The van der Waals surface area contributed by atoms with Crippen molar-refractivity contribution in [2.24, 2.45) is 0 Å². The average molecular weight is 1110 g/mol. The third kappa shape index (κ3) is 42.4. The lowest BCUT2D eigenvalue weighted by Crippen LogP contribution is -2.61. The minimum absolute atomic E-state index is 0.0619. The van der Waals surface area contributed by atoms with Crippen LogP contribution in [0.4, 0.5) is 0 Å². The largest absolute Gasteiger partial charge is 0.454 e. The van der Waals surface area contributed by atoms with Crippen LogP contribution < -0.4 is 5.32 Å². The first-order valence-electron chi connectivity index (χ1n) is 31.2. The first kappa shape index (κ1) is 73.6. The molecule has 1 rings (SSSR count). The van der Waals surface area contributed by atoms with Crippen molar-refractivity contribution in [3.63, 3.8) is 0 Å². The second kappa shape index (κ2) is 55.1. The van der Waals surface area contributed by atoms with Gasteiger partial charge < -0.3 is 45.1 Å². The van der Waals surface area contributed by atoms with Crippen molar-refractivity contribution >= 4 is 11.9 Å². The number of esters is 1. The van der Waals surface area contributed by atoms with Gasteiger partial charge in [-0.3, -0.25) is 9.59 Å². The van der Waals surface area contributed by atoms with Crippen LogP contribution in [-0.4, -0.2) is 99.6 Å². The lowest BCUT2D eigenvalue weighted by atomic mass is 9.99. The highest BCUT2D eigenvalue weighted by atomic mass is 16.7. The Labute approximate surface area is 485 Å². The highest BCUT2D eigenvalue weighted by Crippen LogP contribution is 2.26. The van der Waals surface area contributed by atoms with E-state index in [1.54, 1.807) is 6.08 Å². The molecule has 452 valence electrons. The predicted octanol–water partition coefficient (Wildman–Crippen LogP) is 15.0. The Morgan fingerprint density at radius 3 is 1.50 bits per heavy atom. The molecule has 0 aromatic carbocycles. The van der Waals surface area contributed by atoms with Crippen molar-refractivity contribution in [1.29, 1.82) is 0 Å². The van der Waals surface area contributed by atoms with Gasteiger partial charge in [-0.2, -0.15) is 0 Å². The van der Waals surface area contributed by atoms with Crippen LogP contribution in [0.5, 0.6) is 0 Å². The van der Waals surface area contributed by atoms with Gasteiger partial charge in [0.2, 0.25) is 5.91 Å². The molecule has 0 bridgehead atoms. The maximum absolute atomic E-state index is 13.4. The summed E-state index contributed by atoms with van der Waals surface area (Å²) in [6.07, 6.45) is 68.7. The molecule has 1 heterocycles. The van der Waals surface area contributed by atoms with Gasteiger partial charge in [0.15, 0.2) is 12.4 Å². The van der Waals surface area contributed by atoms with Crippen molar-refractivity contribution in [3.8, 4) is 0 Å². The summed E-state index contributed by atoms with van der Waals surface area (Å²) in [5.74, 6) is -1.27. The van der Waals surface area contributed by atoms with Crippen molar-refractivity contribution in [3.05, 3.63) is 146 Å². The van der Waals surface area contributed by atoms with E-state index in [1.165, 1.54) is 44.9 Å². The highest BCUT2D eigenvalue weighted by molar-refractivity contribution is 5.80. The molecule has 0 aromatic heterocycles. The number of nitrogens with one attached hydrogen (secondary N) is 1. The van der Waals surface area contributed by atoms with Crippen LogP contribution in [0.15, 0.2) is 146 Å². The Balaban J connectivity index is 2.72. The van der Waals surface area contributed by atoms with E-state index < -0.39 is 67.4 Å². The van der Waals surface area contributed by atoms with E-state index in [4.69, 9.17) is 14.2 Å². The number of aliphatic hydroxyl groups is 5. The smallest absolute Gasteiger partial charge is 0.306 e. The molecule has 0 aromatic rings. The van der Waals surface area contributed by atoms with Crippen molar-refractivity contribution in [2.75, 3.05) is 13.2 Å². The number of ether oxygens (including phenoxy) is 3. The third-order valence-corrected chi connectivity index (χ3v) is 13.6. The van der Waals surface area contributed by atoms with Gasteiger partial charge in [0.1, 0.15) is 24.4 Å². The summed E-state index contributed by atoms with van der Waals surface area (Å²) in [7, 11) is 0. The molecule has 1 aliphatic rings. The van der Waals surface area contributed by atoms with Gasteiger partial charge in [-0.05, 0) is 89.9 Å². The molecule has 8 atom stereocenters. The van der Waals surface area contributed by atoms with Crippen molar-refractivity contribution in [2.45, 2.75) is 262 Å². The number of amides is 1. The predicted molar refractivity (Wildman–Crippen MR) is 333 cm³/mol. The lowest BCUT2D eigenvalue weighted by molar-refractivity contribution is -0.305. The van der Waals surface area contributed by atoms with E-state index in [0.29, 0.717) is 12.8 Å². The summed E-state index contributed by atoms with van der Waals surface area (Å²) in [4.78, 5) is 26.6. The SMILES string of the molecule is CC\C=C/C=C/C=C/C=C\C=C\C=C\CCCCCC(=O)OC1C(OCC(NC(=O)C(O)CCCCCCCC/C=C\C/C=C\C/C=C\C/C=C\C/C=C\CC)C(O)/C=C/CCCCCCCCCCCC)OC(CO)C(O)C1O.